The van der Waals surface area contributed by atoms with Crippen LogP contribution >= 0.6 is 27.5 Å². The Kier molecular flexibility index (Phi) is 7.96. The normalized spacial score (nSPS) is 10.9. The molecule has 10 nitrogen and oxygen atoms in total. The largest absolute Gasteiger partial charge is 0.493 e. The Morgan fingerprint density at radius 1 is 1.45 bits per heavy atom. The minimum atomic E-state index is -0.608. The molecule has 1 aromatic heterocycles. The maximum Gasteiger partial charge on any atom is 0.307 e. The number of benzene rings is 2. The van der Waals surface area contributed by atoms with Gasteiger partial charge in [-0.15, -0.1) is 0 Å². The number of hydrazone groups is 1. The number of nitro groups is 1. The van der Waals surface area contributed by atoms with Crippen LogP contribution in [0.5, 0.6) is 11.5 Å². The van der Waals surface area contributed by atoms with Crippen LogP contribution in [0.2, 0.25) is 5.02 Å². The molecule has 0 radical (unpaired) electrons. The molecule has 1 amide bonds. The highest BCUT2D eigenvalue weighted by molar-refractivity contribution is 9.10. The van der Waals surface area contributed by atoms with Crippen molar-refractivity contribution in [1.29, 1.82) is 0 Å². The Labute approximate surface area is 200 Å². The Balaban J connectivity index is 1.65. The summed E-state index contributed by atoms with van der Waals surface area (Å²) in [5, 5.41) is 18.5. The van der Waals surface area contributed by atoms with E-state index in [0.29, 0.717) is 21.5 Å². The molecule has 0 fully saturated rings. The molecule has 3 rings (SSSR count). The smallest absolute Gasteiger partial charge is 0.307 e. The molecule has 33 heavy (non-hydrogen) atoms. The fourth-order valence-electron chi connectivity index (χ4n) is 2.66. The van der Waals surface area contributed by atoms with Gasteiger partial charge in [0.2, 0.25) is 0 Å². The van der Waals surface area contributed by atoms with E-state index in [1.807, 2.05) is 0 Å². The third-order valence-corrected chi connectivity index (χ3v) is 5.16. The van der Waals surface area contributed by atoms with Crippen LogP contribution in [0.3, 0.4) is 0 Å². The Morgan fingerprint density at radius 3 is 2.91 bits per heavy atom. The van der Waals surface area contributed by atoms with Gasteiger partial charge in [-0.05, 0) is 45.8 Å². The van der Waals surface area contributed by atoms with E-state index >= 15 is 0 Å². The molecule has 1 N–H and O–H groups in total. The number of nitrogens with zero attached hydrogens (tertiary/aromatic N) is 4. The highest BCUT2D eigenvalue weighted by Crippen LogP contribution is 2.37. The quantitative estimate of drug-likeness (QED) is 0.248. The highest BCUT2D eigenvalue weighted by Gasteiger charge is 2.15. The molecular formula is C20H16BrClFN5O5. The third-order valence-electron chi connectivity index (χ3n) is 4.21. The zero-order chi connectivity index (χ0) is 24.0. The molecule has 3 aromatic rings. The standard InChI is InChI=1S/C20H16BrClFN5O5/c1-32-18-6-12(7-24-26-19(29)10-27-9-13(8-25-27)28(30)31)5-15(21)20(18)33-11-14-16(22)3-2-4-17(14)23/h2-9H,10-11H2,1H3,(H,26,29)/b24-7+. The Hall–Kier alpha value is -3.51. The van der Waals surface area contributed by atoms with Gasteiger partial charge in [0, 0.05) is 5.56 Å². The van der Waals surface area contributed by atoms with Crippen molar-refractivity contribution in [3.63, 3.8) is 0 Å². The molecule has 0 saturated carbocycles. The number of amides is 1. The highest BCUT2D eigenvalue weighted by atomic mass is 79.9. The molecule has 1 heterocycles. The minimum absolute atomic E-state index is 0.116. The number of ether oxygens (including phenoxy) is 2. The SMILES string of the molecule is COc1cc(/C=N/NC(=O)Cn2cc([N+](=O)[O-])cn2)cc(Br)c1OCc1c(F)cccc1Cl. The molecule has 0 spiro atoms. The molecule has 0 atom stereocenters. The van der Waals surface area contributed by atoms with E-state index in [9.17, 15) is 19.3 Å². The van der Waals surface area contributed by atoms with E-state index in [-0.39, 0.29) is 29.4 Å². The molecule has 2 aromatic carbocycles. The average Bonchev–Trinajstić information content (AvgIpc) is 3.23. The average molecular weight is 541 g/mol. The first-order valence-corrected chi connectivity index (χ1v) is 10.4. The van der Waals surface area contributed by atoms with E-state index < -0.39 is 16.6 Å². The van der Waals surface area contributed by atoms with Gasteiger partial charge in [-0.1, -0.05) is 17.7 Å². The number of hydrogen-bond acceptors (Lipinski definition) is 7. The first kappa shape index (κ1) is 24.1. The summed E-state index contributed by atoms with van der Waals surface area (Å²) in [6.07, 6.45) is 3.55. The number of aromatic nitrogens is 2. The number of nitrogens with one attached hydrogen (secondary N) is 1. The lowest BCUT2D eigenvalue weighted by molar-refractivity contribution is -0.385. The lowest BCUT2D eigenvalue weighted by Gasteiger charge is -2.14. The second kappa shape index (κ2) is 10.9. The Bertz CT molecular complexity index is 1200. The van der Waals surface area contributed by atoms with E-state index in [4.69, 9.17) is 21.1 Å². The first-order valence-electron chi connectivity index (χ1n) is 9.20. The second-order valence-corrected chi connectivity index (χ2v) is 7.73. The van der Waals surface area contributed by atoms with Crippen molar-refractivity contribution in [2.24, 2.45) is 5.10 Å². The maximum atomic E-state index is 14.0. The number of rotatable bonds is 9. The van der Waals surface area contributed by atoms with Gasteiger partial charge in [-0.2, -0.15) is 10.2 Å². The van der Waals surface area contributed by atoms with Crippen LogP contribution in [-0.2, 0) is 17.9 Å². The molecule has 172 valence electrons. The molecule has 13 heteroatoms. The van der Waals surface area contributed by atoms with Gasteiger partial charge in [-0.25, -0.2) is 9.82 Å². The van der Waals surface area contributed by atoms with Gasteiger partial charge in [0.1, 0.15) is 31.4 Å². The van der Waals surface area contributed by atoms with Gasteiger partial charge < -0.3 is 9.47 Å². The van der Waals surface area contributed by atoms with Gasteiger partial charge in [0.25, 0.3) is 5.91 Å². The van der Waals surface area contributed by atoms with Crippen LogP contribution in [0.1, 0.15) is 11.1 Å². The van der Waals surface area contributed by atoms with Crippen molar-refractivity contribution in [2.75, 3.05) is 7.11 Å². The third kappa shape index (κ3) is 6.26. The van der Waals surface area contributed by atoms with E-state index in [1.165, 1.54) is 25.5 Å². The lowest BCUT2D eigenvalue weighted by Crippen LogP contribution is -2.23. The van der Waals surface area contributed by atoms with Crippen LogP contribution < -0.4 is 14.9 Å². The number of hydrogen-bond donors (Lipinski definition) is 1. The Morgan fingerprint density at radius 2 is 2.24 bits per heavy atom. The van der Waals surface area contributed by atoms with E-state index in [1.54, 1.807) is 18.2 Å². The van der Waals surface area contributed by atoms with Crippen LogP contribution in [-0.4, -0.2) is 33.9 Å². The maximum absolute atomic E-state index is 14.0. The predicted octanol–water partition coefficient (Wildman–Crippen LogP) is 4.08. The van der Waals surface area contributed by atoms with Gasteiger partial charge in [0.15, 0.2) is 11.5 Å². The number of carbonyl (C=O) groups excluding carboxylic acids is 1. The van der Waals surface area contributed by atoms with Crippen molar-refractivity contribution < 1.29 is 23.6 Å². The fraction of sp³-hybridized carbons (Fsp3) is 0.150. The van der Waals surface area contributed by atoms with Crippen molar-refractivity contribution in [3.8, 4) is 11.5 Å². The summed E-state index contributed by atoms with van der Waals surface area (Å²) in [6, 6.07) is 7.63. The van der Waals surface area contributed by atoms with Gasteiger partial charge in [-0.3, -0.25) is 19.6 Å². The summed E-state index contributed by atoms with van der Waals surface area (Å²) in [4.78, 5) is 22.0. The summed E-state index contributed by atoms with van der Waals surface area (Å²) >= 11 is 9.41. The number of methoxy groups -OCH3 is 1. The van der Waals surface area contributed by atoms with Crippen LogP contribution in [0, 0.1) is 15.9 Å². The van der Waals surface area contributed by atoms with Crippen LogP contribution in [0.25, 0.3) is 0 Å². The van der Waals surface area contributed by atoms with Crippen LogP contribution in [0.4, 0.5) is 10.1 Å². The molecule has 0 unspecified atom stereocenters. The summed E-state index contributed by atoms with van der Waals surface area (Å²) in [5.41, 5.74) is 2.86. The molecule has 0 aliphatic heterocycles. The molecule has 0 aliphatic rings. The van der Waals surface area contributed by atoms with E-state index in [0.717, 1.165) is 17.1 Å². The lowest BCUT2D eigenvalue weighted by atomic mass is 10.2. The molecule has 0 bridgehead atoms. The van der Waals surface area contributed by atoms with Gasteiger partial charge >= 0.3 is 5.69 Å². The topological polar surface area (TPSA) is 121 Å². The van der Waals surface area contributed by atoms with Crippen molar-refractivity contribution in [1.82, 2.24) is 15.2 Å². The van der Waals surface area contributed by atoms with Crippen molar-refractivity contribution in [3.05, 3.63) is 79.3 Å². The molecule has 0 aliphatic carbocycles. The number of halogens is 3. The zero-order valence-corrected chi connectivity index (χ0v) is 19.3. The monoisotopic (exact) mass is 539 g/mol. The van der Waals surface area contributed by atoms with Crippen molar-refractivity contribution >= 4 is 45.3 Å². The van der Waals surface area contributed by atoms with E-state index in [2.05, 4.69) is 31.6 Å². The minimum Gasteiger partial charge on any atom is -0.493 e. The molecular weight excluding hydrogens is 525 g/mol. The van der Waals surface area contributed by atoms with Crippen molar-refractivity contribution in [2.45, 2.75) is 13.2 Å². The molecule has 0 saturated heterocycles. The summed E-state index contributed by atoms with van der Waals surface area (Å²) in [7, 11) is 1.44. The summed E-state index contributed by atoms with van der Waals surface area (Å²) in [6.45, 7) is -0.362. The predicted molar refractivity (Wildman–Crippen MR) is 121 cm³/mol. The summed E-state index contributed by atoms with van der Waals surface area (Å²) < 4.78 is 26.7. The first-order chi connectivity index (χ1) is 15.8. The van der Waals surface area contributed by atoms with Crippen LogP contribution in [0.15, 0.2) is 52.3 Å². The second-order valence-electron chi connectivity index (χ2n) is 6.47. The zero-order valence-electron chi connectivity index (χ0n) is 17.0. The fourth-order valence-corrected chi connectivity index (χ4v) is 3.46. The number of carbonyl (C=O) groups is 1. The summed E-state index contributed by atoms with van der Waals surface area (Å²) in [5.74, 6) is -0.342. The van der Waals surface area contributed by atoms with Gasteiger partial charge in [0.05, 0.1) is 27.7 Å².